The second kappa shape index (κ2) is 8.74. The number of para-hydroxylation sites is 1. The highest BCUT2D eigenvalue weighted by atomic mass is 32.1. The number of carbonyl (C=O) groups excluding carboxylic acids is 1. The van der Waals surface area contributed by atoms with Gasteiger partial charge in [-0.15, -0.1) is 0 Å². The Balaban J connectivity index is 1.61. The predicted octanol–water partition coefficient (Wildman–Crippen LogP) is 4.64. The fourth-order valence-corrected chi connectivity index (χ4v) is 5.22. The van der Waals surface area contributed by atoms with Crippen LogP contribution in [0.15, 0.2) is 66.7 Å². The average Bonchev–Trinajstić information content (AvgIpc) is 2.84. The second-order valence-corrected chi connectivity index (χ2v) is 8.86. The van der Waals surface area contributed by atoms with E-state index in [-0.39, 0.29) is 11.7 Å². The van der Waals surface area contributed by atoms with Crippen LogP contribution in [0, 0.1) is 11.7 Å². The van der Waals surface area contributed by atoms with E-state index in [1.165, 1.54) is 12.1 Å². The summed E-state index contributed by atoms with van der Waals surface area (Å²) in [4.78, 5) is 15.5. The molecule has 3 aromatic rings. The Morgan fingerprint density at radius 1 is 1.09 bits per heavy atom. The van der Waals surface area contributed by atoms with Gasteiger partial charge in [0.05, 0.1) is 20.3 Å². The van der Waals surface area contributed by atoms with Gasteiger partial charge in [0, 0.05) is 16.9 Å². The lowest BCUT2D eigenvalue weighted by molar-refractivity contribution is -0.130. The minimum atomic E-state index is -1.25. The van der Waals surface area contributed by atoms with Crippen LogP contribution in [0.3, 0.4) is 0 Å². The van der Waals surface area contributed by atoms with Crippen molar-refractivity contribution in [2.45, 2.75) is 18.7 Å². The van der Waals surface area contributed by atoms with Gasteiger partial charge in [0.2, 0.25) is 5.91 Å². The first-order valence-corrected chi connectivity index (χ1v) is 11.4. The molecule has 0 unspecified atom stereocenters. The van der Waals surface area contributed by atoms with Gasteiger partial charge in [0.1, 0.15) is 17.5 Å². The summed E-state index contributed by atoms with van der Waals surface area (Å²) in [6.07, 6.45) is 0. The fourth-order valence-electron chi connectivity index (χ4n) is 4.80. The van der Waals surface area contributed by atoms with Crippen molar-refractivity contribution >= 4 is 34.6 Å². The summed E-state index contributed by atoms with van der Waals surface area (Å²) in [6, 6.07) is 18.0. The molecule has 0 saturated carbocycles. The normalized spacial score (nSPS) is 22.4. The number of hydrogen-bond acceptors (Lipinski definition) is 5. The van der Waals surface area contributed by atoms with E-state index < -0.39 is 17.7 Å². The van der Waals surface area contributed by atoms with Crippen molar-refractivity contribution in [3.8, 4) is 17.2 Å². The molecule has 5 rings (SSSR count). The summed E-state index contributed by atoms with van der Waals surface area (Å²) in [5, 5.41) is 6.69. The van der Waals surface area contributed by atoms with Gasteiger partial charge in [-0.05, 0) is 73.7 Å². The fraction of sp³-hybridized carbons (Fsp3) is 0.231. The molecule has 9 heteroatoms. The Labute approximate surface area is 207 Å². The van der Waals surface area contributed by atoms with E-state index in [4.69, 9.17) is 26.4 Å². The topological polar surface area (TPSA) is 72.1 Å². The standard InChI is InChI=1S/C26H24FN3O4S/c1-26-21(24(31)28-16-9-13-18(32-2)14-10-16)22(19-5-4-6-20(33-3)23(19)34-26)29-25(35)30(26)17-11-7-15(27)8-12-17/h4-14,21-22H,1-3H3,(H,28,31)(H,29,35)/t21-,22+,26-/m0/s1. The number of carbonyl (C=O) groups is 1. The number of nitrogens with zero attached hydrogens (tertiary/aromatic N) is 1. The summed E-state index contributed by atoms with van der Waals surface area (Å²) >= 11 is 5.72. The first-order valence-electron chi connectivity index (χ1n) is 11.0. The molecule has 1 saturated heterocycles. The lowest BCUT2D eigenvalue weighted by Gasteiger charge is -2.56. The van der Waals surface area contributed by atoms with Gasteiger partial charge >= 0.3 is 0 Å². The van der Waals surface area contributed by atoms with Crippen LogP contribution in [0.2, 0.25) is 0 Å². The highest BCUT2D eigenvalue weighted by molar-refractivity contribution is 7.80. The van der Waals surface area contributed by atoms with E-state index in [9.17, 15) is 9.18 Å². The van der Waals surface area contributed by atoms with Gasteiger partial charge in [-0.1, -0.05) is 12.1 Å². The summed E-state index contributed by atoms with van der Waals surface area (Å²) in [5.74, 6) is 0.375. The zero-order chi connectivity index (χ0) is 24.7. The van der Waals surface area contributed by atoms with Crippen LogP contribution in [-0.4, -0.2) is 31.0 Å². The number of ether oxygens (including phenoxy) is 3. The molecule has 2 N–H and O–H groups in total. The molecule has 35 heavy (non-hydrogen) atoms. The summed E-state index contributed by atoms with van der Waals surface area (Å²) in [7, 11) is 3.15. The predicted molar refractivity (Wildman–Crippen MR) is 134 cm³/mol. The molecule has 2 heterocycles. The smallest absolute Gasteiger partial charge is 0.236 e. The van der Waals surface area contributed by atoms with Crippen LogP contribution in [0.25, 0.3) is 0 Å². The summed E-state index contributed by atoms with van der Waals surface area (Å²) in [5.41, 5.74) is 0.719. The molecule has 180 valence electrons. The van der Waals surface area contributed by atoms with E-state index in [0.717, 1.165) is 5.56 Å². The minimum absolute atomic E-state index is 0.266. The van der Waals surface area contributed by atoms with Crippen molar-refractivity contribution in [3.63, 3.8) is 0 Å². The molecule has 2 aliphatic rings. The maximum atomic E-state index is 13.8. The maximum Gasteiger partial charge on any atom is 0.236 e. The Bertz CT molecular complexity index is 1280. The van der Waals surface area contributed by atoms with Gasteiger partial charge in [0.25, 0.3) is 0 Å². The maximum absolute atomic E-state index is 13.8. The number of rotatable bonds is 5. The van der Waals surface area contributed by atoms with Crippen molar-refractivity contribution in [3.05, 3.63) is 78.1 Å². The number of halogens is 1. The van der Waals surface area contributed by atoms with Crippen LogP contribution in [0.4, 0.5) is 15.8 Å². The quantitative estimate of drug-likeness (QED) is 0.502. The molecule has 3 aromatic carbocycles. The summed E-state index contributed by atoms with van der Waals surface area (Å²) < 4.78 is 31.1. The van der Waals surface area contributed by atoms with Crippen molar-refractivity contribution < 1.29 is 23.4 Å². The molecule has 3 atom stereocenters. The van der Waals surface area contributed by atoms with Crippen molar-refractivity contribution in [1.82, 2.24) is 5.32 Å². The van der Waals surface area contributed by atoms with E-state index >= 15 is 0 Å². The first kappa shape index (κ1) is 22.9. The molecule has 7 nitrogen and oxygen atoms in total. The first-order chi connectivity index (χ1) is 16.9. The molecular weight excluding hydrogens is 469 g/mol. The van der Waals surface area contributed by atoms with Crippen LogP contribution < -0.4 is 29.7 Å². The van der Waals surface area contributed by atoms with E-state index in [2.05, 4.69) is 10.6 Å². The molecule has 0 radical (unpaired) electrons. The minimum Gasteiger partial charge on any atom is -0.497 e. The SMILES string of the molecule is COc1ccc(NC(=O)[C@@H]2[C@@H]3NC(=S)N(c4ccc(F)cc4)[C@@]2(C)Oc2c(OC)cccc23)cc1. The third-order valence-corrected chi connectivity index (χ3v) is 6.73. The van der Waals surface area contributed by atoms with E-state index in [1.807, 2.05) is 19.1 Å². The van der Waals surface area contributed by atoms with Gasteiger partial charge < -0.3 is 24.8 Å². The van der Waals surface area contributed by atoms with Crippen molar-refractivity contribution in [2.24, 2.45) is 5.92 Å². The molecular formula is C26H24FN3O4S. The largest absolute Gasteiger partial charge is 0.497 e. The van der Waals surface area contributed by atoms with Crippen molar-refractivity contribution in [2.75, 3.05) is 24.4 Å². The third-order valence-electron chi connectivity index (χ3n) is 6.43. The van der Waals surface area contributed by atoms with Crippen molar-refractivity contribution in [1.29, 1.82) is 0 Å². The number of thiocarbonyl (C=S) groups is 1. The van der Waals surface area contributed by atoms with Gasteiger partial charge in [-0.25, -0.2) is 4.39 Å². The van der Waals surface area contributed by atoms with Gasteiger partial charge in [-0.2, -0.15) is 0 Å². The Hall–Kier alpha value is -3.85. The lowest BCUT2D eigenvalue weighted by Crippen LogP contribution is -2.72. The molecule has 0 aliphatic carbocycles. The Morgan fingerprint density at radius 2 is 1.80 bits per heavy atom. The van der Waals surface area contributed by atoms with Crippen LogP contribution in [0.5, 0.6) is 17.2 Å². The number of hydrogen-bond donors (Lipinski definition) is 2. The van der Waals surface area contributed by atoms with Crippen LogP contribution in [-0.2, 0) is 4.79 Å². The third kappa shape index (κ3) is 3.81. The average molecular weight is 494 g/mol. The number of nitrogens with one attached hydrogen (secondary N) is 2. The van der Waals surface area contributed by atoms with E-state index in [0.29, 0.717) is 33.7 Å². The highest BCUT2D eigenvalue weighted by Crippen LogP contribution is 2.52. The van der Waals surface area contributed by atoms with E-state index in [1.54, 1.807) is 61.6 Å². The number of benzene rings is 3. The molecule has 2 aliphatic heterocycles. The lowest BCUT2D eigenvalue weighted by atomic mass is 9.78. The molecule has 0 spiro atoms. The number of amides is 1. The zero-order valence-electron chi connectivity index (χ0n) is 19.4. The van der Waals surface area contributed by atoms with Crippen LogP contribution in [0.1, 0.15) is 18.5 Å². The molecule has 1 fully saturated rings. The number of methoxy groups -OCH3 is 2. The monoisotopic (exact) mass is 493 g/mol. The second-order valence-electron chi connectivity index (χ2n) is 8.47. The Kier molecular flexibility index (Phi) is 5.72. The summed E-state index contributed by atoms with van der Waals surface area (Å²) in [6.45, 7) is 1.81. The van der Waals surface area contributed by atoms with Gasteiger partial charge in [-0.3, -0.25) is 9.69 Å². The highest BCUT2D eigenvalue weighted by Gasteiger charge is 2.59. The number of fused-ring (bicyclic) bond motifs is 4. The molecule has 2 bridgehead atoms. The zero-order valence-corrected chi connectivity index (χ0v) is 20.2. The van der Waals surface area contributed by atoms with Gasteiger partial charge in [0.15, 0.2) is 22.3 Å². The Morgan fingerprint density at radius 3 is 2.46 bits per heavy atom. The molecule has 1 amide bonds. The number of anilines is 2. The molecule has 0 aromatic heterocycles. The van der Waals surface area contributed by atoms with Crippen LogP contribution >= 0.6 is 12.2 Å².